The van der Waals surface area contributed by atoms with E-state index in [9.17, 15) is 4.79 Å². The van der Waals surface area contributed by atoms with Crippen LogP contribution in [-0.4, -0.2) is 58.8 Å². The van der Waals surface area contributed by atoms with Crippen LogP contribution < -0.4 is 11.1 Å². The number of nitrogens with one attached hydrogen (secondary N) is 1. The number of ether oxygens (including phenoxy) is 1. The maximum Gasteiger partial charge on any atom is 0.409 e. The van der Waals surface area contributed by atoms with Crippen LogP contribution in [0.5, 0.6) is 0 Å². The largest absolute Gasteiger partial charge is 0.450 e. The second-order valence-electron chi connectivity index (χ2n) is 7.02. The van der Waals surface area contributed by atoms with Crippen LogP contribution in [0.3, 0.4) is 0 Å². The van der Waals surface area contributed by atoms with Gasteiger partial charge in [-0.15, -0.1) is 0 Å². The molecular formula is C20H30N6O2. The van der Waals surface area contributed by atoms with Gasteiger partial charge in [-0.25, -0.2) is 9.78 Å². The first-order chi connectivity index (χ1) is 13.6. The van der Waals surface area contributed by atoms with Gasteiger partial charge in [-0.1, -0.05) is 12.1 Å². The molecule has 2 aromatic rings. The van der Waals surface area contributed by atoms with E-state index in [0.717, 1.165) is 42.7 Å². The second kappa shape index (κ2) is 9.43. The Bertz CT molecular complexity index is 823. The summed E-state index contributed by atoms with van der Waals surface area (Å²) in [6, 6.07) is 8.41. The number of benzene rings is 1. The predicted octanol–water partition coefficient (Wildman–Crippen LogP) is 2.26. The van der Waals surface area contributed by atoms with E-state index >= 15 is 0 Å². The summed E-state index contributed by atoms with van der Waals surface area (Å²) in [7, 11) is 0. The number of amides is 1. The minimum absolute atomic E-state index is 0.232. The van der Waals surface area contributed by atoms with E-state index in [0.29, 0.717) is 32.2 Å². The zero-order chi connectivity index (χ0) is 19.9. The average Bonchev–Trinajstić information content (AvgIpc) is 3.01. The molecule has 0 bridgehead atoms. The van der Waals surface area contributed by atoms with Crippen molar-refractivity contribution >= 4 is 23.1 Å². The molecule has 0 aliphatic carbocycles. The van der Waals surface area contributed by atoms with Crippen molar-refractivity contribution in [3.63, 3.8) is 0 Å². The van der Waals surface area contributed by atoms with Crippen molar-refractivity contribution in [3.8, 4) is 0 Å². The van der Waals surface area contributed by atoms with Crippen molar-refractivity contribution < 1.29 is 9.53 Å². The fourth-order valence-electron chi connectivity index (χ4n) is 3.58. The number of carbonyl (C=O) groups excluding carboxylic acids is 1. The molecule has 1 fully saturated rings. The van der Waals surface area contributed by atoms with Gasteiger partial charge in [-0.3, -0.25) is 4.99 Å². The summed E-state index contributed by atoms with van der Waals surface area (Å²) >= 11 is 0. The quantitative estimate of drug-likeness (QED) is 0.451. The molecule has 8 heteroatoms. The minimum atomic E-state index is -0.232. The van der Waals surface area contributed by atoms with Gasteiger partial charge in [0.2, 0.25) is 0 Å². The molecule has 28 heavy (non-hydrogen) atoms. The van der Waals surface area contributed by atoms with Crippen LogP contribution in [0.2, 0.25) is 0 Å². The van der Waals surface area contributed by atoms with E-state index in [4.69, 9.17) is 10.5 Å². The number of aliphatic imine (C=N–C) groups is 1. The highest BCUT2D eigenvalue weighted by molar-refractivity contribution is 5.78. The number of hydrogen-bond donors (Lipinski definition) is 2. The molecule has 8 nitrogen and oxygen atoms in total. The standard InChI is InChI=1S/C20H30N6O2/c1-3-28-20(27)25-13-9-16(10-14-25)24-19(21)22-11-6-12-26-15(2)23-17-7-4-5-8-18(17)26/h4-5,7-8,16H,3,6,9-14H2,1-2H3,(H3,21,22,24). The van der Waals surface area contributed by atoms with Crippen LogP contribution in [0.4, 0.5) is 4.79 Å². The van der Waals surface area contributed by atoms with Gasteiger partial charge in [-0.2, -0.15) is 0 Å². The molecule has 0 atom stereocenters. The van der Waals surface area contributed by atoms with Gasteiger partial charge < -0.3 is 25.3 Å². The summed E-state index contributed by atoms with van der Waals surface area (Å²) in [5, 5.41) is 3.27. The van der Waals surface area contributed by atoms with Crippen molar-refractivity contribution in [1.82, 2.24) is 19.8 Å². The number of rotatable bonds is 6. The molecule has 152 valence electrons. The van der Waals surface area contributed by atoms with Gasteiger partial charge >= 0.3 is 6.09 Å². The van der Waals surface area contributed by atoms with Gasteiger partial charge in [0.05, 0.1) is 17.6 Å². The molecule has 0 spiro atoms. The summed E-state index contributed by atoms with van der Waals surface area (Å²) < 4.78 is 7.26. The van der Waals surface area contributed by atoms with Crippen LogP contribution in [0.1, 0.15) is 32.0 Å². The van der Waals surface area contributed by atoms with E-state index in [1.54, 1.807) is 4.90 Å². The van der Waals surface area contributed by atoms with Gasteiger partial charge in [0, 0.05) is 32.2 Å². The van der Waals surface area contributed by atoms with E-state index in [-0.39, 0.29) is 12.1 Å². The van der Waals surface area contributed by atoms with E-state index in [1.807, 2.05) is 32.0 Å². The van der Waals surface area contributed by atoms with E-state index < -0.39 is 0 Å². The number of carbonyl (C=O) groups is 1. The first-order valence-corrected chi connectivity index (χ1v) is 9.98. The Morgan fingerprint density at radius 1 is 1.36 bits per heavy atom. The lowest BCUT2D eigenvalue weighted by Crippen LogP contribution is -2.48. The summed E-state index contributed by atoms with van der Waals surface area (Å²) in [5.41, 5.74) is 8.22. The van der Waals surface area contributed by atoms with Crippen molar-refractivity contribution in [2.45, 2.75) is 45.7 Å². The Morgan fingerprint density at radius 3 is 2.86 bits per heavy atom. The fraction of sp³-hybridized carbons (Fsp3) is 0.550. The van der Waals surface area contributed by atoms with Gasteiger partial charge in [-0.05, 0) is 45.2 Å². The zero-order valence-corrected chi connectivity index (χ0v) is 16.7. The average molecular weight is 387 g/mol. The molecule has 0 saturated carbocycles. The first-order valence-electron chi connectivity index (χ1n) is 9.98. The summed E-state index contributed by atoms with van der Waals surface area (Å²) in [5.74, 6) is 1.49. The topological polar surface area (TPSA) is 97.8 Å². The molecule has 0 unspecified atom stereocenters. The molecule has 2 heterocycles. The number of hydrogen-bond acceptors (Lipinski definition) is 4. The van der Waals surface area contributed by atoms with Crippen LogP contribution in [0.15, 0.2) is 29.3 Å². The van der Waals surface area contributed by atoms with Gasteiger partial charge in [0.15, 0.2) is 5.96 Å². The Morgan fingerprint density at radius 2 is 2.11 bits per heavy atom. The van der Waals surface area contributed by atoms with Crippen molar-refractivity contribution in [1.29, 1.82) is 0 Å². The third kappa shape index (κ3) is 4.94. The first kappa shape index (κ1) is 20.0. The van der Waals surface area contributed by atoms with E-state index in [2.05, 4.69) is 25.9 Å². The molecule has 1 aliphatic rings. The Hall–Kier alpha value is -2.77. The molecule has 1 aromatic heterocycles. The Balaban J connectivity index is 1.42. The molecule has 1 aliphatic heterocycles. The summed E-state index contributed by atoms with van der Waals surface area (Å²) in [6.45, 7) is 7.13. The third-order valence-corrected chi connectivity index (χ3v) is 5.04. The number of imidazole rings is 1. The highest BCUT2D eigenvalue weighted by Crippen LogP contribution is 2.16. The SMILES string of the molecule is CCOC(=O)N1CCC(NC(N)=NCCCn2c(C)nc3ccccc32)CC1. The number of nitrogens with two attached hydrogens (primary N) is 1. The molecule has 1 amide bonds. The number of piperidine rings is 1. The van der Waals surface area contributed by atoms with Crippen molar-refractivity contribution in [3.05, 3.63) is 30.1 Å². The van der Waals surface area contributed by atoms with Crippen LogP contribution in [0, 0.1) is 6.92 Å². The van der Waals surface area contributed by atoms with Crippen LogP contribution in [-0.2, 0) is 11.3 Å². The van der Waals surface area contributed by atoms with Gasteiger partial charge in [0.1, 0.15) is 5.82 Å². The maximum atomic E-state index is 11.7. The molecule has 3 rings (SSSR count). The van der Waals surface area contributed by atoms with Crippen molar-refractivity contribution in [2.75, 3.05) is 26.2 Å². The normalized spacial score (nSPS) is 15.8. The van der Waals surface area contributed by atoms with Crippen LogP contribution in [0.25, 0.3) is 11.0 Å². The Labute approximate surface area is 165 Å². The lowest BCUT2D eigenvalue weighted by atomic mass is 10.1. The smallest absolute Gasteiger partial charge is 0.409 e. The van der Waals surface area contributed by atoms with Gasteiger partial charge in [0.25, 0.3) is 0 Å². The number of aryl methyl sites for hydroxylation is 2. The lowest BCUT2D eigenvalue weighted by molar-refractivity contribution is 0.0963. The molecule has 3 N–H and O–H groups in total. The number of para-hydroxylation sites is 2. The second-order valence-corrected chi connectivity index (χ2v) is 7.02. The van der Waals surface area contributed by atoms with Crippen LogP contribution >= 0.6 is 0 Å². The fourth-order valence-corrected chi connectivity index (χ4v) is 3.58. The highest BCUT2D eigenvalue weighted by atomic mass is 16.6. The van der Waals surface area contributed by atoms with Crippen molar-refractivity contribution in [2.24, 2.45) is 10.7 Å². The molecule has 0 radical (unpaired) electrons. The number of aromatic nitrogens is 2. The van der Waals surface area contributed by atoms with E-state index in [1.165, 1.54) is 0 Å². The summed E-state index contributed by atoms with van der Waals surface area (Å²) in [4.78, 5) is 22.5. The number of guanidine groups is 1. The molecule has 1 aromatic carbocycles. The minimum Gasteiger partial charge on any atom is -0.450 e. The highest BCUT2D eigenvalue weighted by Gasteiger charge is 2.23. The predicted molar refractivity (Wildman–Crippen MR) is 110 cm³/mol. The Kier molecular flexibility index (Phi) is 6.73. The summed E-state index contributed by atoms with van der Waals surface area (Å²) in [6.07, 6.45) is 2.35. The monoisotopic (exact) mass is 386 g/mol. The molecule has 1 saturated heterocycles. The third-order valence-electron chi connectivity index (χ3n) is 5.04. The zero-order valence-electron chi connectivity index (χ0n) is 16.7. The molecular weight excluding hydrogens is 356 g/mol. The number of likely N-dealkylation sites (tertiary alicyclic amines) is 1. The number of fused-ring (bicyclic) bond motifs is 1. The number of nitrogens with zero attached hydrogens (tertiary/aromatic N) is 4. The lowest BCUT2D eigenvalue weighted by Gasteiger charge is -2.31. The maximum absolute atomic E-state index is 11.7.